The molecule has 0 saturated heterocycles. The predicted octanol–water partition coefficient (Wildman–Crippen LogP) is 6.48. The first-order chi connectivity index (χ1) is 30.1. The number of dihydropyridines is 2. The molecule has 0 spiro atoms. The number of esters is 4. The molecular formula is C46H47N7O8S2. The van der Waals surface area contributed by atoms with Gasteiger partial charge in [-0.15, -0.1) is 22.7 Å². The van der Waals surface area contributed by atoms with Crippen molar-refractivity contribution in [2.24, 2.45) is 28.7 Å². The van der Waals surface area contributed by atoms with Gasteiger partial charge in [-0.05, 0) is 83.7 Å². The standard InChI is InChI=1S/C25H27N3O4S.C21H20N4O4S/c1-25(2,3)12-32-24(30)19-17(16-11-33-21-14(10-26)6-5-7-15(16)21)18(23(29)31-4)20(13-8-9-13)28-22(19)27;1-10-14(20(26)28-2)15(13-9-30-18-12(7-22)5-6-24-17(13)18)16(19(23)25-10)21(27)29-8-11-3-4-11/h5-7,11,13,17,28H,8-9,12,27H2,1-4H3;5-6,9,11,15,25H,3-4,8,23H2,1-2H3. The number of nitrogens with two attached hydrogens (primary N) is 2. The van der Waals surface area contributed by atoms with Crippen molar-refractivity contribution in [3.8, 4) is 12.1 Å². The van der Waals surface area contributed by atoms with Crippen LogP contribution < -0.4 is 22.1 Å². The van der Waals surface area contributed by atoms with Crippen LogP contribution in [0.15, 0.2) is 86.6 Å². The highest BCUT2D eigenvalue weighted by atomic mass is 32.1. The lowest BCUT2D eigenvalue weighted by atomic mass is 9.80. The highest BCUT2D eigenvalue weighted by molar-refractivity contribution is 7.18. The summed E-state index contributed by atoms with van der Waals surface area (Å²) in [4.78, 5) is 56.6. The van der Waals surface area contributed by atoms with E-state index in [4.69, 9.17) is 30.4 Å². The van der Waals surface area contributed by atoms with Crippen LogP contribution in [0.5, 0.6) is 0 Å². The van der Waals surface area contributed by atoms with Crippen LogP contribution in [0, 0.1) is 39.9 Å². The summed E-state index contributed by atoms with van der Waals surface area (Å²) in [6.07, 6.45) is 5.45. The van der Waals surface area contributed by atoms with Crippen LogP contribution in [0.4, 0.5) is 0 Å². The number of thiophene rings is 2. The van der Waals surface area contributed by atoms with Gasteiger partial charge in [0.25, 0.3) is 0 Å². The second-order valence-corrected chi connectivity index (χ2v) is 18.7. The average Bonchev–Trinajstić information content (AvgIpc) is 4.20. The first-order valence-electron chi connectivity index (χ1n) is 20.3. The Labute approximate surface area is 372 Å². The van der Waals surface area contributed by atoms with Crippen molar-refractivity contribution in [3.05, 3.63) is 109 Å². The van der Waals surface area contributed by atoms with Gasteiger partial charge in [-0.25, -0.2) is 19.2 Å². The number of nitrogens with one attached hydrogen (secondary N) is 2. The molecule has 17 heteroatoms. The zero-order chi connectivity index (χ0) is 45.3. The molecule has 0 bridgehead atoms. The number of carbonyl (C=O) groups is 4. The Bertz CT molecular complexity index is 2770. The third kappa shape index (κ3) is 8.98. The summed E-state index contributed by atoms with van der Waals surface area (Å²) in [6.45, 7) is 8.12. The number of rotatable bonds is 10. The van der Waals surface area contributed by atoms with Gasteiger partial charge in [-0.1, -0.05) is 32.9 Å². The average molecular weight is 890 g/mol. The van der Waals surface area contributed by atoms with E-state index in [9.17, 15) is 29.7 Å². The zero-order valence-electron chi connectivity index (χ0n) is 35.7. The van der Waals surface area contributed by atoms with E-state index in [0.29, 0.717) is 56.4 Å². The summed E-state index contributed by atoms with van der Waals surface area (Å²) >= 11 is 2.73. The summed E-state index contributed by atoms with van der Waals surface area (Å²) in [6, 6.07) is 11.4. The molecule has 4 aliphatic rings. The van der Waals surface area contributed by atoms with Gasteiger partial charge >= 0.3 is 23.9 Å². The molecule has 326 valence electrons. The van der Waals surface area contributed by atoms with E-state index in [-0.39, 0.29) is 46.3 Å². The lowest BCUT2D eigenvalue weighted by molar-refractivity contribution is -0.142. The minimum absolute atomic E-state index is 0.127. The van der Waals surface area contributed by atoms with Gasteiger partial charge in [0, 0.05) is 23.2 Å². The Kier molecular flexibility index (Phi) is 12.6. The van der Waals surface area contributed by atoms with Gasteiger partial charge in [-0.3, -0.25) is 4.98 Å². The fourth-order valence-corrected chi connectivity index (χ4v) is 9.70. The molecule has 63 heavy (non-hydrogen) atoms. The smallest absolute Gasteiger partial charge is 0.338 e. The van der Waals surface area contributed by atoms with Crippen molar-refractivity contribution in [2.45, 2.75) is 65.2 Å². The number of benzene rings is 1. The Balaban J connectivity index is 0.000000190. The van der Waals surface area contributed by atoms with Crippen LogP contribution in [0.3, 0.4) is 0 Å². The first kappa shape index (κ1) is 44.4. The molecular weight excluding hydrogens is 843 g/mol. The SMILES string of the molecule is COC(=O)C1=C(C)NC(N)=C(C(=O)OCC2CC2)C1c1csc2c(C#N)ccnc12.COC(=O)C1=C(C2CC2)NC(N)=C(C(=O)OCC(C)(C)C)C1c1csc2c(C#N)cccc12. The fourth-order valence-electron chi connectivity index (χ4n) is 7.63. The molecule has 2 saturated carbocycles. The highest BCUT2D eigenvalue weighted by Crippen LogP contribution is 2.49. The van der Waals surface area contributed by atoms with Crippen molar-refractivity contribution in [1.82, 2.24) is 15.6 Å². The molecule has 4 aromatic rings. The van der Waals surface area contributed by atoms with Crippen LogP contribution in [0.25, 0.3) is 20.3 Å². The van der Waals surface area contributed by atoms with Crippen LogP contribution >= 0.6 is 22.7 Å². The molecule has 2 unspecified atom stereocenters. The molecule has 5 heterocycles. The van der Waals surface area contributed by atoms with Gasteiger partial charge in [0.15, 0.2) is 0 Å². The minimum Gasteiger partial charge on any atom is -0.466 e. The maximum atomic E-state index is 13.3. The van der Waals surface area contributed by atoms with E-state index in [1.54, 1.807) is 30.5 Å². The van der Waals surface area contributed by atoms with Crippen molar-refractivity contribution < 1.29 is 38.1 Å². The Hall–Kier alpha value is -6.69. The minimum atomic E-state index is -0.819. The predicted molar refractivity (Wildman–Crippen MR) is 236 cm³/mol. The molecule has 0 radical (unpaired) electrons. The number of carbonyl (C=O) groups excluding carboxylic acids is 4. The molecule has 2 aliphatic heterocycles. The molecule has 2 fully saturated rings. The molecule has 6 N–H and O–H groups in total. The molecule has 2 atom stereocenters. The first-order valence-corrected chi connectivity index (χ1v) is 22.0. The van der Waals surface area contributed by atoms with E-state index in [0.717, 1.165) is 41.3 Å². The topological polar surface area (TPSA) is 242 Å². The Morgan fingerprint density at radius 1 is 0.778 bits per heavy atom. The van der Waals surface area contributed by atoms with Crippen LogP contribution in [0.2, 0.25) is 0 Å². The monoisotopic (exact) mass is 889 g/mol. The normalized spacial score (nSPS) is 18.7. The number of nitriles is 2. The van der Waals surface area contributed by atoms with E-state index in [1.807, 2.05) is 32.2 Å². The Morgan fingerprint density at radius 2 is 1.37 bits per heavy atom. The van der Waals surface area contributed by atoms with Gasteiger partial charge < -0.3 is 41.0 Å². The number of fused-ring (bicyclic) bond motifs is 2. The summed E-state index contributed by atoms with van der Waals surface area (Å²) in [7, 11) is 2.61. The van der Waals surface area contributed by atoms with Gasteiger partial charge in [0.05, 0.1) is 87.6 Å². The summed E-state index contributed by atoms with van der Waals surface area (Å²) in [5, 5.41) is 29.5. The third-order valence-electron chi connectivity index (χ3n) is 11.0. The number of hydrogen-bond donors (Lipinski definition) is 4. The molecule has 0 amide bonds. The van der Waals surface area contributed by atoms with Crippen molar-refractivity contribution >= 4 is 66.9 Å². The van der Waals surface area contributed by atoms with E-state index in [2.05, 4.69) is 27.8 Å². The summed E-state index contributed by atoms with van der Waals surface area (Å²) in [5.41, 5.74) is 17.4. The van der Waals surface area contributed by atoms with Gasteiger partial charge in [0.1, 0.15) is 23.8 Å². The number of hydrogen-bond acceptors (Lipinski definition) is 17. The largest absolute Gasteiger partial charge is 0.466 e. The van der Waals surface area contributed by atoms with Crippen molar-refractivity contribution in [2.75, 3.05) is 27.4 Å². The Morgan fingerprint density at radius 3 is 1.98 bits per heavy atom. The maximum absolute atomic E-state index is 13.3. The number of ether oxygens (including phenoxy) is 4. The number of aromatic nitrogens is 1. The maximum Gasteiger partial charge on any atom is 0.338 e. The van der Waals surface area contributed by atoms with E-state index >= 15 is 0 Å². The molecule has 3 aromatic heterocycles. The highest BCUT2D eigenvalue weighted by Gasteiger charge is 2.45. The van der Waals surface area contributed by atoms with Crippen molar-refractivity contribution in [1.29, 1.82) is 10.5 Å². The number of nitrogens with zero attached hydrogens (tertiary/aromatic N) is 3. The van der Waals surface area contributed by atoms with Crippen LogP contribution in [0.1, 0.15) is 87.5 Å². The van der Waals surface area contributed by atoms with Gasteiger partial charge in [0.2, 0.25) is 0 Å². The zero-order valence-corrected chi connectivity index (χ0v) is 37.3. The second kappa shape index (κ2) is 18.0. The second-order valence-electron chi connectivity index (χ2n) is 16.9. The molecule has 8 rings (SSSR count). The third-order valence-corrected chi connectivity index (χ3v) is 13.1. The molecule has 2 aliphatic carbocycles. The van der Waals surface area contributed by atoms with E-state index in [1.165, 1.54) is 43.1 Å². The van der Waals surface area contributed by atoms with Crippen molar-refractivity contribution in [3.63, 3.8) is 0 Å². The summed E-state index contributed by atoms with van der Waals surface area (Å²) < 4.78 is 22.8. The van der Waals surface area contributed by atoms with Gasteiger partial charge in [-0.2, -0.15) is 10.5 Å². The number of methoxy groups -OCH3 is 2. The van der Waals surface area contributed by atoms with Crippen LogP contribution in [-0.2, 0) is 38.1 Å². The molecule has 1 aromatic carbocycles. The number of allylic oxidation sites excluding steroid dienone is 2. The van der Waals surface area contributed by atoms with E-state index < -0.39 is 35.7 Å². The lowest BCUT2D eigenvalue weighted by Crippen LogP contribution is -2.37. The summed E-state index contributed by atoms with van der Waals surface area (Å²) in [5.74, 6) is -2.99. The lowest BCUT2D eigenvalue weighted by Gasteiger charge is -2.31. The molecule has 15 nitrogen and oxygen atoms in total. The quantitative estimate of drug-likeness (QED) is 0.0984. The number of pyridine rings is 1. The van der Waals surface area contributed by atoms with Crippen LogP contribution in [-0.4, -0.2) is 56.3 Å². The fraction of sp³-hybridized carbons (Fsp3) is 0.370.